The lowest BCUT2D eigenvalue weighted by Gasteiger charge is -2.12. The van der Waals surface area contributed by atoms with Gasteiger partial charge in [-0.3, -0.25) is 4.79 Å². The van der Waals surface area contributed by atoms with Crippen molar-refractivity contribution in [3.63, 3.8) is 0 Å². The van der Waals surface area contributed by atoms with Crippen LogP contribution in [0.2, 0.25) is 0 Å². The van der Waals surface area contributed by atoms with Crippen molar-refractivity contribution in [2.75, 3.05) is 12.4 Å². The van der Waals surface area contributed by atoms with Gasteiger partial charge in [0, 0.05) is 11.6 Å². The number of rotatable bonds is 5. The van der Waals surface area contributed by atoms with Crippen molar-refractivity contribution in [3.8, 4) is 17.0 Å². The zero-order valence-electron chi connectivity index (χ0n) is 17.9. The summed E-state index contributed by atoms with van der Waals surface area (Å²) in [7, 11) is 1.22. The lowest BCUT2D eigenvalue weighted by molar-refractivity contribution is 0.0597. The van der Waals surface area contributed by atoms with Gasteiger partial charge >= 0.3 is 5.97 Å². The predicted octanol–water partition coefficient (Wildman–Crippen LogP) is 4.42. The first-order chi connectivity index (χ1) is 15.4. The molecule has 0 bridgehead atoms. The second-order valence-electron chi connectivity index (χ2n) is 7.49. The number of aromatic hydroxyl groups is 1. The summed E-state index contributed by atoms with van der Waals surface area (Å²) in [5.74, 6) is -1.52. The Morgan fingerprint density at radius 1 is 1.06 bits per heavy atom. The highest BCUT2D eigenvalue weighted by Crippen LogP contribution is 2.30. The van der Waals surface area contributed by atoms with Gasteiger partial charge in [0.15, 0.2) is 11.4 Å². The second kappa shape index (κ2) is 8.50. The van der Waals surface area contributed by atoms with Crippen molar-refractivity contribution < 1.29 is 19.4 Å². The summed E-state index contributed by atoms with van der Waals surface area (Å²) in [6.45, 7) is 3.97. The third kappa shape index (κ3) is 3.78. The van der Waals surface area contributed by atoms with Crippen LogP contribution in [0.25, 0.3) is 22.3 Å². The van der Waals surface area contributed by atoms with Crippen molar-refractivity contribution in [2.24, 2.45) is 0 Å². The maximum Gasteiger partial charge on any atom is 0.341 e. The number of anilines is 1. The molecule has 2 N–H and O–H groups in total. The highest BCUT2D eigenvalue weighted by atomic mass is 16.5. The molecule has 4 aromatic rings. The van der Waals surface area contributed by atoms with Gasteiger partial charge in [0.05, 0.1) is 35.6 Å². The summed E-state index contributed by atoms with van der Waals surface area (Å²) in [6.07, 6.45) is 1.61. The summed E-state index contributed by atoms with van der Waals surface area (Å²) in [6, 6.07) is 15.8. The molecule has 1 amide bonds. The third-order valence-electron chi connectivity index (χ3n) is 5.06. The molecule has 0 atom stereocenters. The van der Waals surface area contributed by atoms with Crippen LogP contribution in [0, 0.1) is 0 Å². The Hall–Kier alpha value is -4.20. The molecule has 4 rings (SSSR count). The fourth-order valence-corrected chi connectivity index (χ4v) is 3.45. The number of carbonyl (C=O) groups is 2. The Labute approximate surface area is 184 Å². The summed E-state index contributed by atoms with van der Waals surface area (Å²) in [5.41, 5.74) is 2.47. The SMILES string of the molecule is COC(=O)c1cccc(NC(=O)c2cc(-c3ccccc3)nc3c2cnn3C(C)C)c1O. The number of pyridine rings is 1. The van der Waals surface area contributed by atoms with Crippen molar-refractivity contribution in [2.45, 2.75) is 19.9 Å². The molecule has 0 fully saturated rings. The summed E-state index contributed by atoms with van der Waals surface area (Å²) in [5, 5.41) is 18.2. The highest BCUT2D eigenvalue weighted by Gasteiger charge is 2.21. The van der Waals surface area contributed by atoms with Crippen molar-refractivity contribution >= 4 is 28.6 Å². The van der Waals surface area contributed by atoms with E-state index in [1.807, 2.05) is 44.2 Å². The van der Waals surface area contributed by atoms with E-state index in [9.17, 15) is 14.7 Å². The normalized spacial score (nSPS) is 11.0. The maximum atomic E-state index is 13.3. The number of ether oxygens (including phenoxy) is 1. The fourth-order valence-electron chi connectivity index (χ4n) is 3.45. The molecule has 162 valence electrons. The third-order valence-corrected chi connectivity index (χ3v) is 5.06. The maximum absolute atomic E-state index is 13.3. The Balaban J connectivity index is 1.82. The second-order valence-corrected chi connectivity index (χ2v) is 7.49. The van der Waals surface area contributed by atoms with Crippen LogP contribution in [-0.4, -0.2) is 38.9 Å². The van der Waals surface area contributed by atoms with Crippen LogP contribution in [0.1, 0.15) is 40.6 Å². The van der Waals surface area contributed by atoms with E-state index in [1.54, 1.807) is 23.0 Å². The minimum atomic E-state index is -0.700. The first-order valence-corrected chi connectivity index (χ1v) is 10.1. The van der Waals surface area contributed by atoms with E-state index >= 15 is 0 Å². The molecule has 2 aromatic carbocycles. The van der Waals surface area contributed by atoms with E-state index in [1.165, 1.54) is 19.2 Å². The Morgan fingerprint density at radius 3 is 2.50 bits per heavy atom. The number of nitrogens with one attached hydrogen (secondary N) is 1. The van der Waals surface area contributed by atoms with Crippen molar-refractivity contribution in [1.82, 2.24) is 14.8 Å². The number of amides is 1. The molecule has 8 heteroatoms. The standard InChI is InChI=1S/C24H22N4O4/c1-14(2)28-22-18(13-25-28)17(12-20(26-22)15-8-5-4-6-9-15)23(30)27-19-11-7-10-16(21(19)29)24(31)32-3/h4-14,29H,1-3H3,(H,27,30). The van der Waals surface area contributed by atoms with Crippen LogP contribution in [-0.2, 0) is 4.74 Å². The van der Waals surface area contributed by atoms with Gasteiger partial charge in [0.1, 0.15) is 5.56 Å². The quantitative estimate of drug-likeness (QED) is 0.358. The number of para-hydroxylation sites is 1. The predicted molar refractivity (Wildman–Crippen MR) is 121 cm³/mol. The molecule has 32 heavy (non-hydrogen) atoms. The van der Waals surface area contributed by atoms with E-state index in [0.717, 1.165) is 5.56 Å². The Morgan fingerprint density at radius 2 is 1.81 bits per heavy atom. The molecule has 0 unspecified atom stereocenters. The smallest absolute Gasteiger partial charge is 0.341 e. The fraction of sp³-hybridized carbons (Fsp3) is 0.167. The van der Waals surface area contributed by atoms with Gasteiger partial charge in [-0.15, -0.1) is 0 Å². The molecule has 0 radical (unpaired) electrons. The molecule has 8 nitrogen and oxygen atoms in total. The number of phenols is 1. The average Bonchev–Trinajstić information content (AvgIpc) is 3.24. The van der Waals surface area contributed by atoms with Gasteiger partial charge in [-0.25, -0.2) is 14.5 Å². The van der Waals surface area contributed by atoms with Crippen LogP contribution in [0.5, 0.6) is 5.75 Å². The lowest BCUT2D eigenvalue weighted by Crippen LogP contribution is -2.14. The molecule has 2 heterocycles. The minimum Gasteiger partial charge on any atom is -0.505 e. The largest absolute Gasteiger partial charge is 0.505 e. The zero-order chi connectivity index (χ0) is 22.8. The van der Waals surface area contributed by atoms with Crippen LogP contribution in [0.15, 0.2) is 60.8 Å². The number of hydrogen-bond donors (Lipinski definition) is 2. The first kappa shape index (κ1) is 21.0. The molecule has 2 aromatic heterocycles. The number of esters is 1. The lowest BCUT2D eigenvalue weighted by atomic mass is 10.1. The molecule has 0 aliphatic heterocycles. The van der Waals surface area contributed by atoms with Gasteiger partial charge < -0.3 is 15.2 Å². The summed E-state index contributed by atoms with van der Waals surface area (Å²) in [4.78, 5) is 29.9. The number of benzene rings is 2. The van der Waals surface area contributed by atoms with Crippen LogP contribution >= 0.6 is 0 Å². The van der Waals surface area contributed by atoms with Crippen LogP contribution in [0.4, 0.5) is 5.69 Å². The first-order valence-electron chi connectivity index (χ1n) is 10.1. The number of methoxy groups -OCH3 is 1. The minimum absolute atomic E-state index is 0.0391. The van der Waals surface area contributed by atoms with E-state index in [-0.39, 0.29) is 23.0 Å². The Bertz CT molecular complexity index is 1310. The van der Waals surface area contributed by atoms with E-state index in [0.29, 0.717) is 22.3 Å². The van der Waals surface area contributed by atoms with E-state index in [2.05, 4.69) is 15.2 Å². The molecule has 0 saturated heterocycles. The topological polar surface area (TPSA) is 106 Å². The number of phenolic OH excluding ortho intramolecular Hbond substituents is 1. The van der Waals surface area contributed by atoms with Crippen molar-refractivity contribution in [1.29, 1.82) is 0 Å². The number of carbonyl (C=O) groups excluding carboxylic acids is 2. The molecule has 0 aliphatic rings. The van der Waals surface area contributed by atoms with Crippen LogP contribution < -0.4 is 5.32 Å². The Kier molecular flexibility index (Phi) is 5.59. The molecule has 0 spiro atoms. The number of nitrogens with zero attached hydrogens (tertiary/aromatic N) is 3. The summed E-state index contributed by atoms with van der Waals surface area (Å²) >= 11 is 0. The molecule has 0 saturated carbocycles. The number of hydrogen-bond acceptors (Lipinski definition) is 6. The zero-order valence-corrected chi connectivity index (χ0v) is 17.9. The van der Waals surface area contributed by atoms with Gasteiger partial charge in [-0.2, -0.15) is 5.10 Å². The highest BCUT2D eigenvalue weighted by molar-refractivity contribution is 6.13. The van der Waals surface area contributed by atoms with E-state index in [4.69, 9.17) is 4.98 Å². The average molecular weight is 430 g/mol. The van der Waals surface area contributed by atoms with Crippen LogP contribution in [0.3, 0.4) is 0 Å². The molecular weight excluding hydrogens is 408 g/mol. The van der Waals surface area contributed by atoms with Gasteiger partial charge in [-0.05, 0) is 32.0 Å². The monoisotopic (exact) mass is 430 g/mol. The number of fused-ring (bicyclic) bond motifs is 1. The van der Waals surface area contributed by atoms with E-state index < -0.39 is 11.9 Å². The summed E-state index contributed by atoms with van der Waals surface area (Å²) < 4.78 is 6.44. The van der Waals surface area contributed by atoms with Gasteiger partial charge in [0.2, 0.25) is 0 Å². The van der Waals surface area contributed by atoms with Gasteiger partial charge in [0.25, 0.3) is 5.91 Å². The van der Waals surface area contributed by atoms with Gasteiger partial charge in [-0.1, -0.05) is 36.4 Å². The van der Waals surface area contributed by atoms with Crippen molar-refractivity contribution in [3.05, 3.63) is 71.9 Å². The molecule has 0 aliphatic carbocycles. The molecular formula is C24H22N4O4. The number of aromatic nitrogens is 3.